The number of nitrogens with zero attached hydrogens (tertiary/aromatic N) is 2. The largest absolute Gasteiger partial charge is 0.370 e. The summed E-state index contributed by atoms with van der Waals surface area (Å²) < 4.78 is 14.2. The van der Waals surface area contributed by atoms with Gasteiger partial charge < -0.3 is 10.6 Å². The smallest absolute Gasteiger partial charge is 0.241 e. The molecular weight excluding hydrogens is 381 g/mol. The molecule has 7 heteroatoms. The van der Waals surface area contributed by atoms with Crippen molar-refractivity contribution in [3.8, 4) is 0 Å². The number of hydrogen-bond acceptors (Lipinski definition) is 3. The van der Waals surface area contributed by atoms with Gasteiger partial charge in [-0.2, -0.15) is 0 Å². The number of anilines is 1. The molecule has 5 nitrogen and oxygen atoms in total. The van der Waals surface area contributed by atoms with E-state index in [0.717, 1.165) is 12.8 Å². The number of carbonyl (C=O) groups excluding carboxylic acids is 2. The topological polar surface area (TPSA) is 66.6 Å². The van der Waals surface area contributed by atoms with Gasteiger partial charge in [-0.25, -0.2) is 4.39 Å². The number of halogens is 2. The summed E-state index contributed by atoms with van der Waals surface area (Å²) in [7, 11) is 0. The lowest BCUT2D eigenvalue weighted by molar-refractivity contribution is -0.120. The second kappa shape index (κ2) is 9.17. The summed E-state index contributed by atoms with van der Waals surface area (Å²) >= 11 is 6.16. The molecule has 0 atom stereocenters. The van der Waals surface area contributed by atoms with Crippen LogP contribution in [0.2, 0.25) is 5.02 Å². The molecule has 2 amide bonds. The SMILES string of the molecule is NC(=O)CCN(C(=O)CN(Cc1c(F)cccc1Cl)C1CC1)c1ccccc1. The Kier molecular flexibility index (Phi) is 6.65. The molecule has 148 valence electrons. The zero-order valence-corrected chi connectivity index (χ0v) is 16.2. The maximum absolute atomic E-state index is 14.2. The standard InChI is InChI=1S/C21H23ClFN3O2/c22-18-7-4-8-19(23)17(18)13-25(15-9-10-15)14-21(28)26(12-11-20(24)27)16-5-2-1-3-6-16/h1-8,15H,9-14H2,(H2,24,27). The highest BCUT2D eigenvalue weighted by molar-refractivity contribution is 6.31. The summed E-state index contributed by atoms with van der Waals surface area (Å²) in [4.78, 5) is 27.8. The zero-order valence-electron chi connectivity index (χ0n) is 15.5. The molecule has 0 aliphatic heterocycles. The Bertz CT molecular complexity index is 823. The van der Waals surface area contributed by atoms with E-state index in [-0.39, 0.29) is 43.8 Å². The van der Waals surface area contributed by atoms with Crippen molar-refractivity contribution in [1.82, 2.24) is 4.90 Å². The van der Waals surface area contributed by atoms with Gasteiger partial charge in [0.15, 0.2) is 0 Å². The second-order valence-electron chi connectivity index (χ2n) is 6.93. The lowest BCUT2D eigenvalue weighted by atomic mass is 10.2. The van der Waals surface area contributed by atoms with Crippen LogP contribution in [0.15, 0.2) is 48.5 Å². The summed E-state index contributed by atoms with van der Waals surface area (Å²) in [6.07, 6.45) is 2.00. The first kappa shape index (κ1) is 20.3. The van der Waals surface area contributed by atoms with Crippen molar-refractivity contribution in [3.05, 3.63) is 64.9 Å². The van der Waals surface area contributed by atoms with E-state index in [1.807, 2.05) is 35.2 Å². The normalized spacial score (nSPS) is 13.5. The Balaban J connectivity index is 1.76. The van der Waals surface area contributed by atoms with Crippen LogP contribution in [0.5, 0.6) is 0 Å². The van der Waals surface area contributed by atoms with Crippen molar-refractivity contribution in [3.63, 3.8) is 0 Å². The maximum Gasteiger partial charge on any atom is 0.241 e. The Morgan fingerprint density at radius 2 is 1.82 bits per heavy atom. The lowest BCUT2D eigenvalue weighted by Gasteiger charge is -2.28. The molecule has 2 aromatic carbocycles. The molecule has 1 saturated carbocycles. The average molecular weight is 404 g/mol. The molecule has 0 bridgehead atoms. The van der Waals surface area contributed by atoms with Crippen LogP contribution in [0.3, 0.4) is 0 Å². The van der Waals surface area contributed by atoms with Crippen LogP contribution in [0, 0.1) is 5.82 Å². The molecule has 2 N–H and O–H groups in total. The minimum atomic E-state index is -0.467. The van der Waals surface area contributed by atoms with Gasteiger partial charge >= 0.3 is 0 Å². The summed E-state index contributed by atoms with van der Waals surface area (Å²) in [5.41, 5.74) is 6.37. The van der Waals surface area contributed by atoms with Crippen molar-refractivity contribution in [2.24, 2.45) is 5.73 Å². The number of nitrogens with two attached hydrogens (primary N) is 1. The number of para-hydroxylation sites is 1. The van der Waals surface area contributed by atoms with Gasteiger partial charge in [-0.3, -0.25) is 14.5 Å². The van der Waals surface area contributed by atoms with Gasteiger partial charge in [0.1, 0.15) is 5.82 Å². The summed E-state index contributed by atoms with van der Waals surface area (Å²) in [5.74, 6) is -1.00. The molecular formula is C21H23ClFN3O2. The van der Waals surface area contributed by atoms with Crippen LogP contribution in [0.25, 0.3) is 0 Å². The summed E-state index contributed by atoms with van der Waals surface area (Å²) in [6.45, 7) is 0.584. The van der Waals surface area contributed by atoms with Crippen molar-refractivity contribution in [2.45, 2.75) is 31.8 Å². The van der Waals surface area contributed by atoms with E-state index in [4.69, 9.17) is 17.3 Å². The number of carbonyl (C=O) groups is 2. The van der Waals surface area contributed by atoms with E-state index in [2.05, 4.69) is 0 Å². The molecule has 0 spiro atoms. The summed E-state index contributed by atoms with van der Waals surface area (Å²) in [5, 5.41) is 0.353. The third-order valence-corrected chi connectivity index (χ3v) is 5.13. The van der Waals surface area contributed by atoms with Crippen LogP contribution in [-0.2, 0) is 16.1 Å². The average Bonchev–Trinajstić information content (AvgIpc) is 3.50. The molecule has 1 fully saturated rings. The van der Waals surface area contributed by atoms with E-state index in [0.29, 0.717) is 16.3 Å². The molecule has 28 heavy (non-hydrogen) atoms. The van der Waals surface area contributed by atoms with Crippen LogP contribution < -0.4 is 10.6 Å². The van der Waals surface area contributed by atoms with E-state index < -0.39 is 5.91 Å². The highest BCUT2D eigenvalue weighted by Gasteiger charge is 2.32. The van der Waals surface area contributed by atoms with Crippen molar-refractivity contribution < 1.29 is 14.0 Å². The Hall–Kier alpha value is -2.44. The molecule has 0 heterocycles. The fourth-order valence-electron chi connectivity index (χ4n) is 3.13. The van der Waals surface area contributed by atoms with Gasteiger partial charge in [0.25, 0.3) is 0 Å². The molecule has 0 unspecified atom stereocenters. The van der Waals surface area contributed by atoms with E-state index in [9.17, 15) is 14.0 Å². The van der Waals surface area contributed by atoms with Crippen LogP contribution in [-0.4, -0.2) is 35.8 Å². The van der Waals surface area contributed by atoms with Crippen molar-refractivity contribution >= 4 is 29.1 Å². The highest BCUT2D eigenvalue weighted by Crippen LogP contribution is 2.31. The molecule has 1 aliphatic carbocycles. The Morgan fingerprint density at radius 3 is 2.43 bits per heavy atom. The minimum absolute atomic E-state index is 0.0726. The van der Waals surface area contributed by atoms with Gasteiger partial charge in [0.05, 0.1) is 6.54 Å². The maximum atomic E-state index is 14.2. The molecule has 0 saturated heterocycles. The third kappa shape index (κ3) is 5.30. The third-order valence-electron chi connectivity index (χ3n) is 4.78. The first-order valence-corrected chi connectivity index (χ1v) is 9.64. The monoisotopic (exact) mass is 403 g/mol. The number of hydrogen-bond donors (Lipinski definition) is 1. The van der Waals surface area contributed by atoms with Crippen LogP contribution >= 0.6 is 11.6 Å². The second-order valence-corrected chi connectivity index (χ2v) is 7.34. The lowest BCUT2D eigenvalue weighted by Crippen LogP contribution is -2.42. The van der Waals surface area contributed by atoms with Crippen LogP contribution in [0.1, 0.15) is 24.8 Å². The fourth-order valence-corrected chi connectivity index (χ4v) is 3.35. The van der Waals surface area contributed by atoms with E-state index in [1.54, 1.807) is 17.0 Å². The summed E-state index contributed by atoms with van der Waals surface area (Å²) in [6, 6.07) is 14.0. The number of benzene rings is 2. The number of primary amides is 1. The van der Waals surface area contributed by atoms with Gasteiger partial charge in [0.2, 0.25) is 11.8 Å². The van der Waals surface area contributed by atoms with Crippen LogP contribution in [0.4, 0.5) is 10.1 Å². The van der Waals surface area contributed by atoms with Crippen molar-refractivity contribution in [2.75, 3.05) is 18.0 Å². The molecule has 3 rings (SSSR count). The van der Waals surface area contributed by atoms with Crippen molar-refractivity contribution in [1.29, 1.82) is 0 Å². The first-order valence-electron chi connectivity index (χ1n) is 9.26. The fraction of sp³-hybridized carbons (Fsp3) is 0.333. The predicted molar refractivity (Wildman–Crippen MR) is 107 cm³/mol. The van der Waals surface area contributed by atoms with Gasteiger partial charge in [0, 0.05) is 41.8 Å². The Morgan fingerprint density at radius 1 is 1.11 bits per heavy atom. The Labute approximate surface area is 168 Å². The number of rotatable bonds is 9. The first-order chi connectivity index (χ1) is 13.5. The number of amides is 2. The zero-order chi connectivity index (χ0) is 20.1. The molecule has 0 radical (unpaired) electrons. The van der Waals surface area contributed by atoms with Gasteiger partial charge in [-0.1, -0.05) is 35.9 Å². The van der Waals surface area contributed by atoms with E-state index in [1.165, 1.54) is 6.07 Å². The predicted octanol–water partition coefficient (Wildman–Crippen LogP) is 3.35. The quantitative estimate of drug-likeness (QED) is 0.698. The highest BCUT2D eigenvalue weighted by atomic mass is 35.5. The molecule has 2 aromatic rings. The minimum Gasteiger partial charge on any atom is -0.370 e. The van der Waals surface area contributed by atoms with E-state index >= 15 is 0 Å². The molecule has 0 aromatic heterocycles. The van der Waals surface area contributed by atoms with Gasteiger partial charge in [-0.05, 0) is 37.1 Å². The van der Waals surface area contributed by atoms with Gasteiger partial charge in [-0.15, -0.1) is 0 Å². The molecule has 1 aliphatic rings.